The van der Waals surface area contributed by atoms with Crippen molar-refractivity contribution >= 4 is 5.69 Å². The molecule has 1 fully saturated rings. The Morgan fingerprint density at radius 2 is 2.00 bits per heavy atom. The van der Waals surface area contributed by atoms with Crippen molar-refractivity contribution in [2.75, 3.05) is 18.0 Å². The monoisotopic (exact) mass is 286 g/mol. The highest BCUT2D eigenvalue weighted by molar-refractivity contribution is 5.66. The van der Waals surface area contributed by atoms with Crippen molar-refractivity contribution in [2.45, 2.75) is 25.9 Å². The van der Waals surface area contributed by atoms with Gasteiger partial charge in [-0.15, -0.1) is 0 Å². The molecule has 0 bridgehead atoms. The van der Waals surface area contributed by atoms with Crippen LogP contribution in [0.3, 0.4) is 0 Å². The van der Waals surface area contributed by atoms with Gasteiger partial charge in [-0.2, -0.15) is 0 Å². The Balaban J connectivity index is 1.91. The van der Waals surface area contributed by atoms with Crippen LogP contribution in [-0.4, -0.2) is 24.2 Å². The number of aromatic amines is 1. The second-order valence-corrected chi connectivity index (χ2v) is 5.46. The van der Waals surface area contributed by atoms with E-state index in [0.29, 0.717) is 13.0 Å². The Kier molecular flexibility index (Phi) is 3.78. The summed E-state index contributed by atoms with van der Waals surface area (Å²) in [6.45, 7) is 3.31. The molecule has 2 aromatic rings. The first kappa shape index (κ1) is 13.9. The summed E-state index contributed by atoms with van der Waals surface area (Å²) in [5.74, 6) is 0. The van der Waals surface area contributed by atoms with Gasteiger partial charge in [-0.25, -0.2) is 4.39 Å². The Hall–Kier alpha value is -2.10. The van der Waals surface area contributed by atoms with Gasteiger partial charge in [0.1, 0.15) is 6.17 Å². The van der Waals surface area contributed by atoms with Crippen LogP contribution in [0.25, 0.3) is 11.3 Å². The van der Waals surface area contributed by atoms with Crippen LogP contribution >= 0.6 is 0 Å². The number of rotatable bonds is 3. The van der Waals surface area contributed by atoms with Crippen molar-refractivity contribution < 1.29 is 4.39 Å². The molecule has 21 heavy (non-hydrogen) atoms. The first-order chi connectivity index (χ1) is 10.2. The van der Waals surface area contributed by atoms with Crippen molar-refractivity contribution in [3.05, 3.63) is 52.3 Å². The largest absolute Gasteiger partial charge is 0.369 e. The molecule has 3 nitrogen and oxygen atoms in total. The predicted molar refractivity (Wildman–Crippen MR) is 83.6 cm³/mol. The number of H-pyrrole nitrogens is 1. The van der Waals surface area contributed by atoms with Gasteiger partial charge in [-0.05, 0) is 36.1 Å². The van der Waals surface area contributed by atoms with E-state index in [2.05, 4.69) is 16.8 Å². The number of alkyl halides is 1. The Morgan fingerprint density at radius 1 is 1.24 bits per heavy atom. The van der Waals surface area contributed by atoms with E-state index in [1.807, 2.05) is 30.3 Å². The molecule has 0 amide bonds. The van der Waals surface area contributed by atoms with Gasteiger partial charge in [0, 0.05) is 24.8 Å². The minimum atomic E-state index is -0.721. The third-order valence-electron chi connectivity index (χ3n) is 4.04. The number of nitrogens with one attached hydrogen (secondary N) is 1. The number of halogens is 1. The van der Waals surface area contributed by atoms with Gasteiger partial charge in [0.2, 0.25) is 5.56 Å². The van der Waals surface area contributed by atoms with E-state index >= 15 is 0 Å². The quantitative estimate of drug-likeness (QED) is 0.941. The van der Waals surface area contributed by atoms with Gasteiger partial charge in [0.25, 0.3) is 0 Å². The molecule has 1 saturated heterocycles. The minimum Gasteiger partial charge on any atom is -0.369 e. The van der Waals surface area contributed by atoms with Crippen LogP contribution in [0.15, 0.2) is 41.2 Å². The maximum absolute atomic E-state index is 13.3. The molecule has 1 aliphatic heterocycles. The number of hydrogen-bond donors (Lipinski definition) is 1. The van der Waals surface area contributed by atoms with Crippen molar-refractivity contribution in [1.29, 1.82) is 0 Å². The van der Waals surface area contributed by atoms with Crippen LogP contribution in [0.2, 0.25) is 0 Å². The highest BCUT2D eigenvalue weighted by atomic mass is 19.1. The Morgan fingerprint density at radius 3 is 2.62 bits per heavy atom. The average Bonchev–Trinajstić information content (AvgIpc) is 2.94. The molecule has 1 aliphatic rings. The number of aromatic nitrogens is 1. The van der Waals surface area contributed by atoms with E-state index in [1.165, 1.54) is 0 Å². The van der Waals surface area contributed by atoms with Gasteiger partial charge in [-0.3, -0.25) is 4.79 Å². The number of pyridine rings is 1. The summed E-state index contributed by atoms with van der Waals surface area (Å²) in [6, 6.07) is 11.4. The van der Waals surface area contributed by atoms with Crippen molar-refractivity contribution in [3.8, 4) is 11.3 Å². The lowest BCUT2D eigenvalue weighted by Crippen LogP contribution is -2.19. The summed E-state index contributed by atoms with van der Waals surface area (Å²) in [6.07, 6.45) is 0.749. The summed E-state index contributed by atoms with van der Waals surface area (Å²) < 4.78 is 13.3. The zero-order valence-corrected chi connectivity index (χ0v) is 12.1. The fraction of sp³-hybridized carbons (Fsp3) is 0.353. The molecule has 4 heteroatoms. The minimum absolute atomic E-state index is 0.0916. The van der Waals surface area contributed by atoms with Gasteiger partial charge < -0.3 is 9.88 Å². The first-order valence-electron chi connectivity index (χ1n) is 7.39. The van der Waals surface area contributed by atoms with Gasteiger partial charge in [-0.1, -0.05) is 25.1 Å². The second kappa shape index (κ2) is 5.72. The van der Waals surface area contributed by atoms with Gasteiger partial charge >= 0.3 is 0 Å². The van der Waals surface area contributed by atoms with E-state index in [9.17, 15) is 9.18 Å². The normalized spacial score (nSPS) is 18.2. The molecule has 0 aliphatic carbocycles. The molecule has 1 atom stereocenters. The molecule has 0 saturated carbocycles. The maximum Gasteiger partial charge on any atom is 0.248 e. The smallest absolute Gasteiger partial charge is 0.248 e. The molecule has 0 spiro atoms. The molecular weight excluding hydrogens is 267 g/mol. The molecule has 2 heterocycles. The second-order valence-electron chi connectivity index (χ2n) is 5.46. The summed E-state index contributed by atoms with van der Waals surface area (Å²) >= 11 is 0. The van der Waals surface area contributed by atoms with Crippen LogP contribution in [-0.2, 0) is 6.42 Å². The summed E-state index contributed by atoms with van der Waals surface area (Å²) in [5, 5.41) is 0. The van der Waals surface area contributed by atoms with Crippen LogP contribution < -0.4 is 10.5 Å². The van der Waals surface area contributed by atoms with Gasteiger partial charge in [0.15, 0.2) is 0 Å². The number of anilines is 1. The van der Waals surface area contributed by atoms with Crippen LogP contribution in [0.5, 0.6) is 0 Å². The summed E-state index contributed by atoms with van der Waals surface area (Å²) in [5.41, 5.74) is 3.93. The molecule has 1 N–H and O–H groups in total. The third-order valence-corrected chi connectivity index (χ3v) is 4.04. The van der Waals surface area contributed by atoms with Crippen LogP contribution in [0.1, 0.15) is 18.9 Å². The molecule has 1 aromatic carbocycles. The standard InChI is InChI=1S/C17H19FN2O/c1-2-12-5-8-16(21)19-17(12)13-3-6-15(7-4-13)20-10-9-14(18)11-20/h3-8,14H,2,9-11H2,1H3,(H,19,21)/t14-/m1/s1. The lowest BCUT2D eigenvalue weighted by atomic mass is 10.0. The van der Waals surface area contributed by atoms with E-state index in [1.54, 1.807) is 6.07 Å². The highest BCUT2D eigenvalue weighted by Crippen LogP contribution is 2.26. The molecule has 1 aromatic heterocycles. The number of benzene rings is 1. The highest BCUT2D eigenvalue weighted by Gasteiger charge is 2.21. The maximum atomic E-state index is 13.3. The van der Waals surface area contributed by atoms with Crippen LogP contribution in [0, 0.1) is 0 Å². The molecule has 110 valence electrons. The topological polar surface area (TPSA) is 36.1 Å². The fourth-order valence-electron chi connectivity index (χ4n) is 2.85. The fourth-order valence-corrected chi connectivity index (χ4v) is 2.85. The number of hydrogen-bond acceptors (Lipinski definition) is 2. The van der Waals surface area contributed by atoms with E-state index in [-0.39, 0.29) is 5.56 Å². The molecule has 0 radical (unpaired) electrons. The third kappa shape index (κ3) is 2.84. The van der Waals surface area contributed by atoms with Crippen LogP contribution in [0.4, 0.5) is 10.1 Å². The van der Waals surface area contributed by atoms with E-state index in [4.69, 9.17) is 0 Å². The summed E-state index contributed by atoms with van der Waals surface area (Å²) in [4.78, 5) is 16.5. The zero-order chi connectivity index (χ0) is 14.8. The lowest BCUT2D eigenvalue weighted by Gasteiger charge is -2.18. The van der Waals surface area contributed by atoms with E-state index < -0.39 is 6.17 Å². The average molecular weight is 286 g/mol. The van der Waals surface area contributed by atoms with Crippen molar-refractivity contribution in [2.24, 2.45) is 0 Å². The number of nitrogens with zero attached hydrogens (tertiary/aromatic N) is 1. The lowest BCUT2D eigenvalue weighted by molar-refractivity contribution is 0.364. The SMILES string of the molecule is CCc1ccc(=O)[nH]c1-c1ccc(N2CC[C@@H](F)C2)cc1. The molecule has 3 rings (SSSR count). The number of aryl methyl sites for hydroxylation is 1. The van der Waals surface area contributed by atoms with Crippen molar-refractivity contribution in [1.82, 2.24) is 4.98 Å². The van der Waals surface area contributed by atoms with Gasteiger partial charge in [0.05, 0.1) is 5.69 Å². The molecular formula is C17H19FN2O. The summed E-state index contributed by atoms with van der Waals surface area (Å²) in [7, 11) is 0. The van der Waals surface area contributed by atoms with Crippen molar-refractivity contribution in [3.63, 3.8) is 0 Å². The van der Waals surface area contributed by atoms with E-state index in [0.717, 1.165) is 35.5 Å². The Labute approximate surface area is 123 Å². The zero-order valence-electron chi connectivity index (χ0n) is 12.1. The first-order valence-corrected chi connectivity index (χ1v) is 7.39. The molecule has 0 unspecified atom stereocenters. The predicted octanol–water partition coefficient (Wildman–Crippen LogP) is 3.15. The Bertz CT molecular complexity index is 678.